The van der Waals surface area contributed by atoms with Crippen molar-refractivity contribution in [3.63, 3.8) is 0 Å². The number of carbonyl (C=O) groups is 1. The maximum absolute atomic E-state index is 12.1. The van der Waals surface area contributed by atoms with Gasteiger partial charge in [-0.05, 0) is 18.9 Å². The van der Waals surface area contributed by atoms with Gasteiger partial charge in [-0.1, -0.05) is 18.2 Å². The van der Waals surface area contributed by atoms with Crippen molar-refractivity contribution in [2.45, 2.75) is 13.3 Å². The first kappa shape index (κ1) is 15.2. The van der Waals surface area contributed by atoms with Crippen molar-refractivity contribution in [1.29, 1.82) is 0 Å². The number of hydrogen-bond donors (Lipinski definition) is 1. The molecule has 0 aromatic heterocycles. The van der Waals surface area contributed by atoms with Crippen LogP contribution in [0.5, 0.6) is 0 Å². The van der Waals surface area contributed by atoms with Crippen LogP contribution in [0.1, 0.15) is 22.3 Å². The van der Waals surface area contributed by atoms with Crippen LogP contribution in [-0.4, -0.2) is 41.9 Å². The zero-order chi connectivity index (χ0) is 15.2. The van der Waals surface area contributed by atoms with E-state index in [1.807, 2.05) is 0 Å². The molecule has 1 amide bonds. The Balaban J connectivity index is 1.84. The van der Waals surface area contributed by atoms with Crippen molar-refractivity contribution in [3.05, 3.63) is 51.6 Å². The van der Waals surface area contributed by atoms with Gasteiger partial charge in [0.05, 0.1) is 4.92 Å². The molecule has 0 bridgehead atoms. The maximum Gasteiger partial charge on any atom is 0.270 e. The van der Waals surface area contributed by atoms with E-state index in [4.69, 9.17) is 0 Å². The summed E-state index contributed by atoms with van der Waals surface area (Å²) >= 11 is 0. The molecule has 1 aromatic carbocycles. The number of hydrogen-bond acceptors (Lipinski definition) is 4. The molecule has 2 rings (SSSR count). The summed E-state index contributed by atoms with van der Waals surface area (Å²) in [7, 11) is 0. The number of nitrogens with one attached hydrogen (secondary N) is 1. The molecule has 0 saturated carbocycles. The third-order valence-electron chi connectivity index (χ3n) is 3.51. The summed E-state index contributed by atoms with van der Waals surface area (Å²) in [5, 5.41) is 13.6. The highest BCUT2D eigenvalue weighted by Crippen LogP contribution is 2.17. The molecule has 1 aromatic rings. The summed E-state index contributed by atoms with van der Waals surface area (Å²) in [4.78, 5) is 24.6. The molecular formula is C15H19N3O3. The summed E-state index contributed by atoms with van der Waals surface area (Å²) in [5.74, 6) is -0.254. The molecule has 6 heteroatoms. The van der Waals surface area contributed by atoms with Gasteiger partial charge in [-0.15, -0.1) is 0 Å². The number of amides is 1. The van der Waals surface area contributed by atoms with Crippen LogP contribution in [0.25, 0.3) is 0 Å². The van der Waals surface area contributed by atoms with Crippen molar-refractivity contribution >= 4 is 11.6 Å². The second-order valence-corrected chi connectivity index (χ2v) is 5.10. The first-order valence-corrected chi connectivity index (χ1v) is 6.98. The molecule has 112 valence electrons. The molecule has 1 heterocycles. The van der Waals surface area contributed by atoms with Crippen LogP contribution >= 0.6 is 0 Å². The largest absolute Gasteiger partial charge is 0.352 e. The van der Waals surface area contributed by atoms with Crippen LogP contribution in [0.4, 0.5) is 5.69 Å². The lowest BCUT2D eigenvalue weighted by atomic mass is 10.1. The van der Waals surface area contributed by atoms with E-state index >= 15 is 0 Å². The Morgan fingerprint density at radius 3 is 2.76 bits per heavy atom. The SMILES string of the molecule is Cc1ccc([N+](=O)[O-])cc1C(=O)NCCCN1CC=CC1. The molecule has 0 atom stereocenters. The molecule has 1 aliphatic rings. The van der Waals surface area contributed by atoms with E-state index in [2.05, 4.69) is 22.4 Å². The maximum atomic E-state index is 12.1. The zero-order valence-electron chi connectivity index (χ0n) is 12.0. The van der Waals surface area contributed by atoms with Gasteiger partial charge < -0.3 is 5.32 Å². The fraction of sp³-hybridized carbons (Fsp3) is 0.400. The summed E-state index contributed by atoms with van der Waals surface area (Å²) in [6, 6.07) is 4.34. The Bertz CT molecular complexity index is 561. The monoisotopic (exact) mass is 289 g/mol. The summed E-state index contributed by atoms with van der Waals surface area (Å²) in [6.45, 7) is 5.21. The van der Waals surface area contributed by atoms with Gasteiger partial charge in [-0.2, -0.15) is 0 Å². The fourth-order valence-corrected chi connectivity index (χ4v) is 2.27. The molecule has 0 radical (unpaired) electrons. The predicted molar refractivity (Wildman–Crippen MR) is 80.4 cm³/mol. The number of non-ortho nitro benzene ring substituents is 1. The Morgan fingerprint density at radius 2 is 2.10 bits per heavy atom. The molecule has 0 fully saturated rings. The lowest BCUT2D eigenvalue weighted by molar-refractivity contribution is -0.384. The number of aryl methyl sites for hydroxylation is 1. The Morgan fingerprint density at radius 1 is 1.38 bits per heavy atom. The lowest BCUT2D eigenvalue weighted by Gasteiger charge is -2.14. The molecular weight excluding hydrogens is 270 g/mol. The number of benzene rings is 1. The summed E-state index contributed by atoms with van der Waals surface area (Å²) in [5.41, 5.74) is 1.04. The van der Waals surface area contributed by atoms with Crippen LogP contribution in [-0.2, 0) is 0 Å². The van der Waals surface area contributed by atoms with Gasteiger partial charge in [-0.3, -0.25) is 19.8 Å². The van der Waals surface area contributed by atoms with Crippen LogP contribution in [0.2, 0.25) is 0 Å². The first-order valence-electron chi connectivity index (χ1n) is 6.98. The van der Waals surface area contributed by atoms with Crippen LogP contribution in [0, 0.1) is 17.0 Å². The number of nitro groups is 1. The molecule has 0 unspecified atom stereocenters. The average Bonchev–Trinajstić information content (AvgIpc) is 2.96. The highest BCUT2D eigenvalue weighted by Gasteiger charge is 2.14. The lowest BCUT2D eigenvalue weighted by Crippen LogP contribution is -2.29. The molecule has 1 N–H and O–H groups in total. The van der Waals surface area contributed by atoms with E-state index in [0.29, 0.717) is 12.1 Å². The number of nitro benzene ring substituents is 1. The van der Waals surface area contributed by atoms with E-state index in [9.17, 15) is 14.9 Å². The van der Waals surface area contributed by atoms with E-state index in [0.717, 1.165) is 31.6 Å². The minimum atomic E-state index is -0.489. The standard InChI is InChI=1S/C15H19N3O3/c1-12-5-6-13(18(20)21)11-14(12)15(19)16-7-4-10-17-8-2-3-9-17/h2-3,5-6,11H,4,7-10H2,1H3,(H,16,19). The molecule has 1 aliphatic heterocycles. The van der Waals surface area contributed by atoms with Crippen molar-refractivity contribution in [1.82, 2.24) is 10.2 Å². The van der Waals surface area contributed by atoms with Gasteiger partial charge in [0.25, 0.3) is 11.6 Å². The predicted octanol–water partition coefficient (Wildman–Crippen LogP) is 1.89. The van der Waals surface area contributed by atoms with Gasteiger partial charge in [0.15, 0.2) is 0 Å². The topological polar surface area (TPSA) is 75.5 Å². The van der Waals surface area contributed by atoms with Crippen LogP contribution < -0.4 is 5.32 Å². The normalized spacial score (nSPS) is 14.3. The number of nitrogens with zero attached hydrogens (tertiary/aromatic N) is 2. The second-order valence-electron chi connectivity index (χ2n) is 5.10. The van der Waals surface area contributed by atoms with Gasteiger partial charge in [0.2, 0.25) is 0 Å². The van der Waals surface area contributed by atoms with E-state index < -0.39 is 4.92 Å². The molecule has 21 heavy (non-hydrogen) atoms. The Kier molecular flexibility index (Phi) is 5.05. The highest BCUT2D eigenvalue weighted by molar-refractivity contribution is 5.96. The second kappa shape index (κ2) is 6.99. The Hall–Kier alpha value is -2.21. The van der Waals surface area contributed by atoms with Crippen molar-refractivity contribution in [3.8, 4) is 0 Å². The zero-order valence-corrected chi connectivity index (χ0v) is 12.0. The number of carbonyl (C=O) groups excluding carboxylic acids is 1. The summed E-state index contributed by atoms with van der Waals surface area (Å²) in [6.07, 6.45) is 5.12. The third-order valence-corrected chi connectivity index (χ3v) is 3.51. The Labute approximate surface area is 123 Å². The quantitative estimate of drug-likeness (QED) is 0.375. The average molecular weight is 289 g/mol. The first-order chi connectivity index (χ1) is 10.1. The van der Waals surface area contributed by atoms with E-state index in [-0.39, 0.29) is 11.6 Å². The smallest absolute Gasteiger partial charge is 0.270 e. The van der Waals surface area contributed by atoms with E-state index in [1.54, 1.807) is 13.0 Å². The minimum Gasteiger partial charge on any atom is -0.352 e. The van der Waals surface area contributed by atoms with Crippen molar-refractivity contribution in [2.24, 2.45) is 0 Å². The molecule has 0 saturated heterocycles. The fourth-order valence-electron chi connectivity index (χ4n) is 2.27. The highest BCUT2D eigenvalue weighted by atomic mass is 16.6. The van der Waals surface area contributed by atoms with Crippen molar-refractivity contribution < 1.29 is 9.72 Å². The van der Waals surface area contributed by atoms with Gasteiger partial charge in [-0.25, -0.2) is 0 Å². The van der Waals surface area contributed by atoms with Crippen molar-refractivity contribution in [2.75, 3.05) is 26.2 Å². The molecule has 0 aliphatic carbocycles. The number of rotatable bonds is 6. The molecule has 6 nitrogen and oxygen atoms in total. The third kappa shape index (κ3) is 4.13. The minimum absolute atomic E-state index is 0.0612. The van der Waals surface area contributed by atoms with E-state index in [1.165, 1.54) is 12.1 Å². The molecule has 0 spiro atoms. The van der Waals surface area contributed by atoms with Gasteiger partial charge >= 0.3 is 0 Å². The van der Waals surface area contributed by atoms with Crippen LogP contribution in [0.15, 0.2) is 30.4 Å². The summed E-state index contributed by atoms with van der Waals surface area (Å²) < 4.78 is 0. The van der Waals surface area contributed by atoms with Gasteiger partial charge in [0, 0.05) is 43.9 Å². The van der Waals surface area contributed by atoms with Crippen LogP contribution in [0.3, 0.4) is 0 Å². The van der Waals surface area contributed by atoms with Gasteiger partial charge in [0.1, 0.15) is 0 Å².